The molecule has 0 bridgehead atoms. The molecule has 1 fully saturated rings. The Morgan fingerprint density at radius 3 is 2.87 bits per heavy atom. The van der Waals surface area contributed by atoms with Crippen LogP contribution >= 0.6 is 0 Å². The van der Waals surface area contributed by atoms with Crippen molar-refractivity contribution in [1.82, 2.24) is 4.90 Å². The van der Waals surface area contributed by atoms with Crippen LogP contribution in [0.15, 0.2) is 12.7 Å². The molecule has 0 radical (unpaired) electrons. The lowest BCUT2D eigenvalue weighted by atomic mass is 9.77. The topological polar surface area (TPSA) is 29.3 Å². The quantitative estimate of drug-likeness (QED) is 0.706. The van der Waals surface area contributed by atoms with Gasteiger partial charge in [-0.1, -0.05) is 32.8 Å². The van der Waals surface area contributed by atoms with Crippen molar-refractivity contribution in [2.75, 3.05) is 19.6 Å². The molecule has 0 aromatic rings. The molecule has 1 saturated carbocycles. The summed E-state index contributed by atoms with van der Waals surface area (Å²) in [6, 6.07) is 0. The van der Waals surface area contributed by atoms with E-state index in [1.54, 1.807) is 0 Å². The van der Waals surface area contributed by atoms with E-state index in [1.807, 2.05) is 6.08 Å². The molecule has 2 heteroatoms. The van der Waals surface area contributed by atoms with Gasteiger partial charge in [0.1, 0.15) is 0 Å². The molecule has 0 heterocycles. The van der Waals surface area contributed by atoms with Gasteiger partial charge < -0.3 is 5.73 Å². The van der Waals surface area contributed by atoms with Gasteiger partial charge in [-0.25, -0.2) is 0 Å². The van der Waals surface area contributed by atoms with Gasteiger partial charge >= 0.3 is 0 Å². The van der Waals surface area contributed by atoms with Gasteiger partial charge in [0.2, 0.25) is 0 Å². The number of nitrogens with two attached hydrogens (primary N) is 1. The SMILES string of the molecule is C=CCN(CC)CC1(N)CCCC(C)C1. The second-order valence-electron chi connectivity index (χ2n) is 5.18. The largest absolute Gasteiger partial charge is 0.324 e. The summed E-state index contributed by atoms with van der Waals surface area (Å²) >= 11 is 0. The summed E-state index contributed by atoms with van der Waals surface area (Å²) in [6.07, 6.45) is 6.99. The van der Waals surface area contributed by atoms with Crippen molar-refractivity contribution >= 4 is 0 Å². The molecule has 0 amide bonds. The van der Waals surface area contributed by atoms with Crippen LogP contribution in [0.1, 0.15) is 39.5 Å². The van der Waals surface area contributed by atoms with Crippen molar-refractivity contribution in [3.8, 4) is 0 Å². The molecule has 0 aromatic heterocycles. The third-order valence-corrected chi connectivity index (χ3v) is 3.50. The molecule has 0 saturated heterocycles. The normalized spacial score (nSPS) is 31.9. The highest BCUT2D eigenvalue weighted by Gasteiger charge is 2.32. The van der Waals surface area contributed by atoms with Crippen LogP contribution in [0.3, 0.4) is 0 Å². The van der Waals surface area contributed by atoms with Gasteiger partial charge in [-0.15, -0.1) is 6.58 Å². The fourth-order valence-electron chi connectivity index (χ4n) is 2.78. The third kappa shape index (κ3) is 3.96. The Kier molecular flexibility index (Phi) is 4.81. The average molecular weight is 210 g/mol. The smallest absolute Gasteiger partial charge is 0.0286 e. The van der Waals surface area contributed by atoms with Crippen molar-refractivity contribution in [2.24, 2.45) is 11.7 Å². The van der Waals surface area contributed by atoms with Crippen molar-refractivity contribution in [2.45, 2.75) is 45.1 Å². The van der Waals surface area contributed by atoms with Crippen molar-refractivity contribution in [1.29, 1.82) is 0 Å². The molecule has 2 nitrogen and oxygen atoms in total. The highest BCUT2D eigenvalue weighted by atomic mass is 15.1. The Morgan fingerprint density at radius 2 is 2.33 bits per heavy atom. The Balaban J connectivity index is 2.49. The van der Waals surface area contributed by atoms with Crippen LogP contribution in [0.2, 0.25) is 0 Å². The highest BCUT2D eigenvalue weighted by Crippen LogP contribution is 2.30. The molecule has 2 atom stereocenters. The maximum Gasteiger partial charge on any atom is 0.0286 e. The van der Waals surface area contributed by atoms with Crippen LogP contribution in [-0.2, 0) is 0 Å². The van der Waals surface area contributed by atoms with Gasteiger partial charge in [0.05, 0.1) is 0 Å². The second-order valence-corrected chi connectivity index (χ2v) is 5.18. The number of rotatable bonds is 5. The van der Waals surface area contributed by atoms with E-state index in [0.29, 0.717) is 0 Å². The fraction of sp³-hybridized carbons (Fsp3) is 0.846. The lowest BCUT2D eigenvalue weighted by Crippen LogP contribution is -2.52. The number of likely N-dealkylation sites (N-methyl/N-ethyl adjacent to an activating group) is 1. The first-order valence-electron chi connectivity index (χ1n) is 6.22. The summed E-state index contributed by atoms with van der Waals surface area (Å²) in [5.74, 6) is 0.797. The Morgan fingerprint density at radius 1 is 1.60 bits per heavy atom. The molecule has 0 spiro atoms. The first-order chi connectivity index (χ1) is 7.09. The minimum atomic E-state index is 0.0523. The van der Waals surface area contributed by atoms with Crippen molar-refractivity contribution < 1.29 is 0 Å². The second kappa shape index (κ2) is 5.66. The maximum atomic E-state index is 6.48. The van der Waals surface area contributed by atoms with Crippen molar-refractivity contribution in [3.63, 3.8) is 0 Å². The summed E-state index contributed by atoms with van der Waals surface area (Å²) in [5, 5.41) is 0. The zero-order valence-electron chi connectivity index (χ0n) is 10.3. The molecular formula is C13H26N2. The average Bonchev–Trinajstić information content (AvgIpc) is 2.16. The highest BCUT2D eigenvalue weighted by molar-refractivity contribution is 4.93. The lowest BCUT2D eigenvalue weighted by molar-refractivity contribution is 0.163. The minimum Gasteiger partial charge on any atom is -0.324 e. The molecule has 1 aliphatic carbocycles. The maximum absolute atomic E-state index is 6.48. The van der Waals surface area contributed by atoms with Gasteiger partial charge in [-0.2, -0.15) is 0 Å². The molecule has 1 rings (SSSR count). The molecule has 0 aliphatic heterocycles. The molecule has 88 valence electrons. The molecule has 0 aromatic carbocycles. The first kappa shape index (κ1) is 12.7. The molecular weight excluding hydrogens is 184 g/mol. The van der Waals surface area contributed by atoms with Crippen LogP contribution < -0.4 is 5.73 Å². The van der Waals surface area contributed by atoms with Gasteiger partial charge in [-0.05, 0) is 25.3 Å². The van der Waals surface area contributed by atoms with Crippen molar-refractivity contribution in [3.05, 3.63) is 12.7 Å². The van der Waals surface area contributed by atoms with Crippen LogP contribution in [0, 0.1) is 5.92 Å². The molecule has 2 unspecified atom stereocenters. The third-order valence-electron chi connectivity index (χ3n) is 3.50. The predicted octanol–water partition coefficient (Wildman–Crippen LogP) is 2.40. The monoisotopic (exact) mass is 210 g/mol. The van der Waals surface area contributed by atoms with Crippen LogP contribution in [0.4, 0.5) is 0 Å². The standard InChI is InChI=1S/C13H26N2/c1-4-9-15(5-2)11-13(14)8-6-7-12(3)10-13/h4,12H,1,5-11,14H2,2-3H3. The van der Waals surface area contributed by atoms with Gasteiger partial charge in [0, 0.05) is 18.6 Å². The molecule has 15 heavy (non-hydrogen) atoms. The van der Waals surface area contributed by atoms with E-state index in [9.17, 15) is 0 Å². The number of hydrogen-bond donors (Lipinski definition) is 1. The molecule has 2 N–H and O–H groups in total. The lowest BCUT2D eigenvalue weighted by Gasteiger charge is -2.40. The molecule has 1 aliphatic rings. The summed E-state index contributed by atoms with van der Waals surface area (Å²) in [6.45, 7) is 11.4. The number of hydrogen-bond acceptors (Lipinski definition) is 2. The van der Waals surface area contributed by atoms with Gasteiger partial charge in [0.15, 0.2) is 0 Å². The van der Waals surface area contributed by atoms with Gasteiger partial charge in [0.25, 0.3) is 0 Å². The summed E-state index contributed by atoms with van der Waals surface area (Å²) in [5.41, 5.74) is 6.53. The van der Waals surface area contributed by atoms with E-state index in [-0.39, 0.29) is 5.54 Å². The van der Waals surface area contributed by atoms with E-state index in [4.69, 9.17) is 5.73 Å². The first-order valence-corrected chi connectivity index (χ1v) is 6.22. The van der Waals surface area contributed by atoms with E-state index in [1.165, 1.54) is 25.7 Å². The Bertz CT molecular complexity index is 203. The predicted molar refractivity (Wildman–Crippen MR) is 66.9 cm³/mol. The number of nitrogens with zero attached hydrogens (tertiary/aromatic N) is 1. The van der Waals surface area contributed by atoms with E-state index in [0.717, 1.165) is 25.6 Å². The summed E-state index contributed by atoms with van der Waals surface area (Å²) in [7, 11) is 0. The minimum absolute atomic E-state index is 0.0523. The Hall–Kier alpha value is -0.340. The zero-order chi connectivity index (χ0) is 11.3. The van der Waals surface area contributed by atoms with Crippen LogP contribution in [0.25, 0.3) is 0 Å². The van der Waals surface area contributed by atoms with Gasteiger partial charge in [-0.3, -0.25) is 4.90 Å². The van der Waals surface area contributed by atoms with E-state index in [2.05, 4.69) is 25.3 Å². The Labute approximate surface area is 94.5 Å². The van der Waals surface area contributed by atoms with E-state index >= 15 is 0 Å². The van der Waals surface area contributed by atoms with E-state index < -0.39 is 0 Å². The summed E-state index contributed by atoms with van der Waals surface area (Å²) < 4.78 is 0. The summed E-state index contributed by atoms with van der Waals surface area (Å²) in [4.78, 5) is 2.39. The fourth-order valence-corrected chi connectivity index (χ4v) is 2.78. The van der Waals surface area contributed by atoms with Crippen LogP contribution in [0.5, 0.6) is 0 Å². The zero-order valence-corrected chi connectivity index (χ0v) is 10.3. The van der Waals surface area contributed by atoms with Crippen LogP contribution in [-0.4, -0.2) is 30.1 Å².